The summed E-state index contributed by atoms with van der Waals surface area (Å²) >= 11 is 0. The molecule has 0 unspecified atom stereocenters. The van der Waals surface area contributed by atoms with E-state index in [1.165, 1.54) is 0 Å². The minimum absolute atomic E-state index is 0.0640. The monoisotopic (exact) mass is 257 g/mol. The summed E-state index contributed by atoms with van der Waals surface area (Å²) < 4.78 is 0. The minimum Gasteiger partial charge on any atom is -0.357 e. The van der Waals surface area contributed by atoms with Crippen molar-refractivity contribution in [2.24, 2.45) is 11.1 Å². The molecule has 100 valence electrons. The molecule has 1 aliphatic carbocycles. The SMILES string of the molecule is Cc1[nH]c2ccccc2c1NC(=O)C1(CN)CCC1. The second-order valence-corrected chi connectivity index (χ2v) is 5.46. The quantitative estimate of drug-likeness (QED) is 0.790. The molecule has 4 nitrogen and oxygen atoms in total. The summed E-state index contributed by atoms with van der Waals surface area (Å²) in [5.74, 6) is 0.0640. The van der Waals surface area contributed by atoms with Crippen LogP contribution in [0, 0.1) is 12.3 Å². The summed E-state index contributed by atoms with van der Waals surface area (Å²) in [6.45, 7) is 2.41. The molecule has 2 aromatic rings. The van der Waals surface area contributed by atoms with Gasteiger partial charge in [0.15, 0.2) is 0 Å². The number of hydrogen-bond acceptors (Lipinski definition) is 2. The standard InChI is InChI=1S/C15H19N3O/c1-10-13(11-5-2-3-6-12(11)17-10)18-14(19)15(9-16)7-4-8-15/h2-3,5-6,17H,4,7-9,16H2,1H3,(H,18,19). The van der Waals surface area contributed by atoms with Crippen molar-refractivity contribution < 1.29 is 4.79 Å². The first-order valence-electron chi connectivity index (χ1n) is 6.75. The number of rotatable bonds is 3. The molecular weight excluding hydrogens is 238 g/mol. The van der Waals surface area contributed by atoms with Crippen LogP contribution in [0.1, 0.15) is 25.0 Å². The number of anilines is 1. The summed E-state index contributed by atoms with van der Waals surface area (Å²) in [5.41, 5.74) is 8.36. The van der Waals surface area contributed by atoms with Crippen molar-refractivity contribution in [3.63, 3.8) is 0 Å². The maximum Gasteiger partial charge on any atom is 0.231 e. The number of para-hydroxylation sites is 1. The molecule has 1 fully saturated rings. The zero-order chi connectivity index (χ0) is 13.5. The molecule has 1 aromatic heterocycles. The Morgan fingerprint density at radius 3 is 2.79 bits per heavy atom. The Balaban J connectivity index is 1.93. The molecule has 4 N–H and O–H groups in total. The third kappa shape index (κ3) is 1.83. The first-order valence-corrected chi connectivity index (χ1v) is 6.75. The van der Waals surface area contributed by atoms with E-state index < -0.39 is 0 Å². The molecule has 0 bridgehead atoms. The highest BCUT2D eigenvalue weighted by Gasteiger charge is 2.43. The number of nitrogens with one attached hydrogen (secondary N) is 2. The predicted molar refractivity (Wildman–Crippen MR) is 77.0 cm³/mol. The second-order valence-electron chi connectivity index (χ2n) is 5.46. The Kier molecular flexibility index (Phi) is 2.82. The molecule has 1 heterocycles. The molecule has 1 aliphatic rings. The smallest absolute Gasteiger partial charge is 0.231 e. The lowest BCUT2D eigenvalue weighted by molar-refractivity contribution is -0.129. The van der Waals surface area contributed by atoms with Crippen molar-refractivity contribution in [1.29, 1.82) is 0 Å². The number of hydrogen-bond donors (Lipinski definition) is 3. The molecule has 0 radical (unpaired) electrons. The Hall–Kier alpha value is -1.81. The van der Waals surface area contributed by atoms with Crippen molar-refractivity contribution in [3.05, 3.63) is 30.0 Å². The fourth-order valence-electron chi connectivity index (χ4n) is 2.81. The molecule has 4 heteroatoms. The first-order chi connectivity index (χ1) is 9.16. The number of aryl methyl sites for hydroxylation is 1. The number of carbonyl (C=O) groups excluding carboxylic acids is 1. The lowest BCUT2D eigenvalue weighted by Crippen LogP contribution is -2.47. The molecule has 0 aliphatic heterocycles. The van der Waals surface area contributed by atoms with E-state index in [0.717, 1.165) is 41.5 Å². The van der Waals surface area contributed by atoms with Crippen LogP contribution in [0.3, 0.4) is 0 Å². The highest BCUT2D eigenvalue weighted by molar-refractivity contribution is 6.05. The highest BCUT2D eigenvalue weighted by Crippen LogP contribution is 2.41. The van der Waals surface area contributed by atoms with Crippen LogP contribution in [0.5, 0.6) is 0 Å². The topological polar surface area (TPSA) is 70.9 Å². The molecule has 3 rings (SSSR count). The Labute approximate surface area is 112 Å². The summed E-state index contributed by atoms with van der Waals surface area (Å²) in [6, 6.07) is 7.99. The van der Waals surface area contributed by atoms with Crippen LogP contribution >= 0.6 is 0 Å². The lowest BCUT2D eigenvalue weighted by Gasteiger charge is -2.39. The molecule has 0 atom stereocenters. The van der Waals surface area contributed by atoms with Gasteiger partial charge >= 0.3 is 0 Å². The molecule has 1 aromatic carbocycles. The number of aromatic nitrogens is 1. The van der Waals surface area contributed by atoms with Crippen molar-refractivity contribution in [2.45, 2.75) is 26.2 Å². The number of carbonyl (C=O) groups is 1. The highest BCUT2D eigenvalue weighted by atomic mass is 16.2. The zero-order valence-electron chi connectivity index (χ0n) is 11.1. The number of aromatic amines is 1. The summed E-state index contributed by atoms with van der Waals surface area (Å²) in [7, 11) is 0. The lowest BCUT2D eigenvalue weighted by atomic mass is 9.68. The summed E-state index contributed by atoms with van der Waals surface area (Å²) in [5, 5.41) is 4.13. The van der Waals surface area contributed by atoms with Crippen LogP contribution in [0.15, 0.2) is 24.3 Å². The van der Waals surface area contributed by atoms with Gasteiger partial charge < -0.3 is 16.0 Å². The van der Waals surface area contributed by atoms with Crippen LogP contribution in [-0.2, 0) is 4.79 Å². The second kappa shape index (κ2) is 4.38. The molecular formula is C15H19N3O. The van der Waals surface area contributed by atoms with Gasteiger partial charge in [0.1, 0.15) is 0 Å². The normalized spacial score (nSPS) is 17.2. The maximum atomic E-state index is 12.4. The van der Waals surface area contributed by atoms with E-state index in [4.69, 9.17) is 5.73 Å². The molecule has 1 saturated carbocycles. The minimum atomic E-state index is -0.342. The average molecular weight is 257 g/mol. The number of benzene rings is 1. The number of H-pyrrole nitrogens is 1. The fraction of sp³-hybridized carbons (Fsp3) is 0.400. The van der Waals surface area contributed by atoms with E-state index in [0.29, 0.717) is 6.54 Å². The van der Waals surface area contributed by atoms with E-state index in [2.05, 4.69) is 10.3 Å². The van der Waals surface area contributed by atoms with Crippen molar-refractivity contribution >= 4 is 22.5 Å². The van der Waals surface area contributed by atoms with E-state index in [9.17, 15) is 4.79 Å². The third-order valence-electron chi connectivity index (χ3n) is 4.32. The van der Waals surface area contributed by atoms with Crippen LogP contribution < -0.4 is 11.1 Å². The number of nitrogens with two attached hydrogens (primary N) is 1. The zero-order valence-corrected chi connectivity index (χ0v) is 11.1. The Morgan fingerprint density at radius 2 is 2.16 bits per heavy atom. The van der Waals surface area contributed by atoms with Gasteiger partial charge in [-0.15, -0.1) is 0 Å². The van der Waals surface area contributed by atoms with Gasteiger partial charge in [0.2, 0.25) is 5.91 Å². The largest absolute Gasteiger partial charge is 0.357 e. The summed E-state index contributed by atoms with van der Waals surface area (Å²) in [6.07, 6.45) is 2.89. The van der Waals surface area contributed by atoms with Crippen LogP contribution in [0.2, 0.25) is 0 Å². The Morgan fingerprint density at radius 1 is 1.42 bits per heavy atom. The van der Waals surface area contributed by atoms with E-state index in [-0.39, 0.29) is 11.3 Å². The third-order valence-corrected chi connectivity index (χ3v) is 4.32. The molecule has 19 heavy (non-hydrogen) atoms. The van der Waals surface area contributed by atoms with Crippen LogP contribution in [-0.4, -0.2) is 17.4 Å². The van der Waals surface area contributed by atoms with Gasteiger partial charge in [-0.3, -0.25) is 4.79 Å². The summed E-state index contributed by atoms with van der Waals surface area (Å²) in [4.78, 5) is 15.7. The predicted octanol–water partition coefficient (Wildman–Crippen LogP) is 2.54. The number of fused-ring (bicyclic) bond motifs is 1. The van der Waals surface area contributed by atoms with Crippen molar-refractivity contribution in [1.82, 2.24) is 4.98 Å². The molecule has 0 saturated heterocycles. The van der Waals surface area contributed by atoms with E-state index in [1.54, 1.807) is 0 Å². The fourth-order valence-corrected chi connectivity index (χ4v) is 2.81. The van der Waals surface area contributed by atoms with Crippen molar-refractivity contribution in [3.8, 4) is 0 Å². The molecule has 0 spiro atoms. The van der Waals surface area contributed by atoms with Gasteiger partial charge in [-0.05, 0) is 25.8 Å². The van der Waals surface area contributed by atoms with Gasteiger partial charge in [-0.25, -0.2) is 0 Å². The number of amides is 1. The van der Waals surface area contributed by atoms with Gasteiger partial charge in [-0.1, -0.05) is 24.6 Å². The first kappa shape index (κ1) is 12.2. The van der Waals surface area contributed by atoms with Crippen LogP contribution in [0.4, 0.5) is 5.69 Å². The van der Waals surface area contributed by atoms with Crippen molar-refractivity contribution in [2.75, 3.05) is 11.9 Å². The van der Waals surface area contributed by atoms with Gasteiger partial charge in [0.25, 0.3) is 0 Å². The van der Waals surface area contributed by atoms with Gasteiger partial charge in [0, 0.05) is 23.1 Å². The van der Waals surface area contributed by atoms with E-state index >= 15 is 0 Å². The van der Waals surface area contributed by atoms with Crippen LogP contribution in [0.25, 0.3) is 10.9 Å². The molecule has 1 amide bonds. The maximum absolute atomic E-state index is 12.4. The van der Waals surface area contributed by atoms with E-state index in [1.807, 2.05) is 31.2 Å². The average Bonchev–Trinajstić information content (AvgIpc) is 2.66. The Bertz CT molecular complexity index is 620. The van der Waals surface area contributed by atoms with Gasteiger partial charge in [0.05, 0.1) is 11.1 Å². The van der Waals surface area contributed by atoms with Gasteiger partial charge in [-0.2, -0.15) is 0 Å².